The molecule has 23 heavy (non-hydrogen) atoms. The summed E-state index contributed by atoms with van der Waals surface area (Å²) in [5.41, 5.74) is 12.4. The Morgan fingerprint density at radius 2 is 1.26 bits per heavy atom. The van der Waals surface area contributed by atoms with Gasteiger partial charge in [-0.3, -0.25) is 0 Å². The van der Waals surface area contributed by atoms with E-state index in [1.165, 1.54) is 32.1 Å². The van der Waals surface area contributed by atoms with Gasteiger partial charge in [-0.05, 0) is 72.0 Å². The van der Waals surface area contributed by atoms with Gasteiger partial charge in [0.05, 0.1) is 0 Å². The van der Waals surface area contributed by atoms with Crippen molar-refractivity contribution in [3.8, 4) is 0 Å². The van der Waals surface area contributed by atoms with E-state index in [1.54, 1.807) is 0 Å². The predicted molar refractivity (Wildman–Crippen MR) is 104 cm³/mol. The highest BCUT2D eigenvalue weighted by Gasteiger charge is 2.25. The highest BCUT2D eigenvalue weighted by Crippen LogP contribution is 2.25. The maximum Gasteiger partial charge on any atom is 0.0155 e. The molecular formula is C19H44N4. The molecule has 0 radical (unpaired) electrons. The Bertz CT molecular complexity index is 242. The molecule has 0 bridgehead atoms. The lowest BCUT2D eigenvalue weighted by molar-refractivity contribution is 0.285. The molecule has 0 amide bonds. The van der Waals surface area contributed by atoms with Gasteiger partial charge in [-0.2, -0.15) is 0 Å². The van der Waals surface area contributed by atoms with E-state index in [9.17, 15) is 0 Å². The van der Waals surface area contributed by atoms with Crippen LogP contribution >= 0.6 is 0 Å². The fourth-order valence-corrected chi connectivity index (χ4v) is 3.26. The number of hydrogen-bond donors (Lipinski definition) is 4. The minimum absolute atomic E-state index is 0.00389. The minimum atomic E-state index is -0.00389. The maximum atomic E-state index is 6.82. The van der Waals surface area contributed by atoms with Crippen LogP contribution in [-0.2, 0) is 0 Å². The van der Waals surface area contributed by atoms with Gasteiger partial charge in [0.25, 0.3) is 0 Å². The lowest BCUT2D eigenvalue weighted by Crippen LogP contribution is -2.43. The van der Waals surface area contributed by atoms with Crippen LogP contribution in [-0.4, -0.2) is 37.3 Å². The summed E-state index contributed by atoms with van der Waals surface area (Å²) < 4.78 is 0. The van der Waals surface area contributed by atoms with Gasteiger partial charge in [0.1, 0.15) is 0 Å². The lowest BCUT2D eigenvalue weighted by Gasteiger charge is -2.32. The van der Waals surface area contributed by atoms with Crippen LogP contribution in [0, 0.1) is 0 Å². The summed E-state index contributed by atoms with van der Waals surface area (Å²) in [6.07, 6.45) is 10.6. The Balaban J connectivity index is 4.31. The van der Waals surface area contributed by atoms with E-state index < -0.39 is 0 Å². The third-order valence-electron chi connectivity index (χ3n) is 4.88. The molecule has 0 aromatic heterocycles. The number of unbranched alkanes of at least 4 members (excludes halogenated alkanes) is 3. The average Bonchev–Trinajstić information content (AvgIpc) is 2.52. The summed E-state index contributed by atoms with van der Waals surface area (Å²) in [6.45, 7) is 11.8. The van der Waals surface area contributed by atoms with Gasteiger partial charge >= 0.3 is 0 Å². The number of hydrogen-bond acceptors (Lipinski definition) is 4. The van der Waals surface area contributed by atoms with Crippen molar-refractivity contribution in [1.29, 1.82) is 0 Å². The van der Waals surface area contributed by atoms with Crippen molar-refractivity contribution in [2.24, 2.45) is 11.5 Å². The summed E-state index contributed by atoms with van der Waals surface area (Å²) in [4.78, 5) is 0. The highest BCUT2D eigenvalue weighted by molar-refractivity contribution is 4.86. The molecule has 0 aliphatic heterocycles. The highest BCUT2D eigenvalue weighted by atomic mass is 14.9. The topological polar surface area (TPSA) is 76.1 Å². The van der Waals surface area contributed by atoms with Crippen LogP contribution in [0.1, 0.15) is 85.5 Å². The molecule has 0 fully saturated rings. The van der Waals surface area contributed by atoms with E-state index >= 15 is 0 Å². The third-order valence-corrected chi connectivity index (χ3v) is 4.88. The average molecular weight is 329 g/mol. The Kier molecular flexibility index (Phi) is 14.1. The van der Waals surface area contributed by atoms with Crippen molar-refractivity contribution >= 4 is 0 Å². The fourth-order valence-electron chi connectivity index (χ4n) is 3.26. The van der Waals surface area contributed by atoms with Crippen LogP contribution in [0.3, 0.4) is 0 Å². The van der Waals surface area contributed by atoms with Gasteiger partial charge in [-0.1, -0.05) is 33.1 Å². The van der Waals surface area contributed by atoms with Gasteiger partial charge < -0.3 is 22.1 Å². The van der Waals surface area contributed by atoms with Crippen LogP contribution in [0.15, 0.2) is 0 Å². The molecule has 2 atom stereocenters. The first-order valence-corrected chi connectivity index (χ1v) is 9.93. The largest absolute Gasteiger partial charge is 0.330 e. The van der Waals surface area contributed by atoms with E-state index in [-0.39, 0.29) is 5.54 Å². The molecule has 0 rings (SSSR count). The number of rotatable bonds is 16. The second-order valence-corrected chi connectivity index (χ2v) is 7.31. The van der Waals surface area contributed by atoms with Gasteiger partial charge in [-0.25, -0.2) is 0 Å². The molecule has 0 aromatic carbocycles. The van der Waals surface area contributed by atoms with Gasteiger partial charge in [0.15, 0.2) is 0 Å². The zero-order chi connectivity index (χ0) is 17.6. The van der Waals surface area contributed by atoms with Crippen LogP contribution in [0.2, 0.25) is 0 Å². The Hall–Kier alpha value is -0.160. The normalized spacial score (nSPS) is 17.0. The smallest absolute Gasteiger partial charge is 0.0155 e. The maximum absolute atomic E-state index is 6.82. The van der Waals surface area contributed by atoms with Gasteiger partial charge in [-0.15, -0.1) is 0 Å². The molecule has 0 saturated heterocycles. The molecule has 140 valence electrons. The molecule has 4 nitrogen and oxygen atoms in total. The van der Waals surface area contributed by atoms with E-state index in [0.29, 0.717) is 12.1 Å². The molecule has 6 N–H and O–H groups in total. The first-order valence-electron chi connectivity index (χ1n) is 9.93. The van der Waals surface area contributed by atoms with E-state index in [4.69, 9.17) is 11.5 Å². The van der Waals surface area contributed by atoms with Crippen molar-refractivity contribution in [3.05, 3.63) is 0 Å². The van der Waals surface area contributed by atoms with Gasteiger partial charge in [0, 0.05) is 17.6 Å². The minimum Gasteiger partial charge on any atom is -0.330 e. The fraction of sp³-hybridized carbons (Fsp3) is 1.00. The second-order valence-electron chi connectivity index (χ2n) is 7.31. The second kappa shape index (κ2) is 14.2. The zero-order valence-corrected chi connectivity index (χ0v) is 16.3. The Morgan fingerprint density at radius 3 is 1.70 bits per heavy atom. The van der Waals surface area contributed by atoms with Crippen molar-refractivity contribution in [2.75, 3.05) is 19.6 Å². The first-order chi connectivity index (χ1) is 11.0. The molecule has 4 heteroatoms. The standard InChI is InChI=1S/C19H44N4/c1-5-22-17(3)11-14-19(21,13-9-7-8-10-16-20)15-12-18(4)23-6-2/h17-18,22-23H,5-16,20-21H2,1-4H3. The molecule has 0 aliphatic carbocycles. The third kappa shape index (κ3) is 12.9. The van der Waals surface area contributed by atoms with E-state index in [0.717, 1.165) is 45.3 Å². The van der Waals surface area contributed by atoms with E-state index in [1.807, 2.05) is 0 Å². The molecule has 0 heterocycles. The molecular weight excluding hydrogens is 284 g/mol. The summed E-state index contributed by atoms with van der Waals surface area (Å²) in [5, 5.41) is 7.01. The molecule has 2 unspecified atom stereocenters. The lowest BCUT2D eigenvalue weighted by atomic mass is 9.82. The van der Waals surface area contributed by atoms with Crippen molar-refractivity contribution in [2.45, 2.75) is 103 Å². The monoisotopic (exact) mass is 328 g/mol. The summed E-state index contributed by atoms with van der Waals surface area (Å²) >= 11 is 0. The SMILES string of the molecule is CCNC(C)CCC(N)(CCCCCCN)CCC(C)NCC. The van der Waals surface area contributed by atoms with Crippen molar-refractivity contribution in [1.82, 2.24) is 10.6 Å². The molecule has 0 aliphatic rings. The van der Waals surface area contributed by atoms with Crippen LogP contribution in [0.25, 0.3) is 0 Å². The van der Waals surface area contributed by atoms with Crippen molar-refractivity contribution in [3.63, 3.8) is 0 Å². The molecule has 0 saturated carbocycles. The van der Waals surface area contributed by atoms with Crippen LogP contribution < -0.4 is 22.1 Å². The Labute approximate surface area is 145 Å². The summed E-state index contributed by atoms with van der Waals surface area (Å²) in [5.74, 6) is 0. The van der Waals surface area contributed by atoms with Gasteiger partial charge in [0.2, 0.25) is 0 Å². The predicted octanol–water partition coefficient (Wildman–Crippen LogP) is 3.15. The Morgan fingerprint density at radius 1 is 0.783 bits per heavy atom. The number of nitrogens with one attached hydrogen (secondary N) is 2. The van der Waals surface area contributed by atoms with Crippen LogP contribution in [0.5, 0.6) is 0 Å². The quantitative estimate of drug-likeness (QED) is 0.328. The number of nitrogens with two attached hydrogens (primary N) is 2. The zero-order valence-electron chi connectivity index (χ0n) is 16.3. The first kappa shape index (κ1) is 22.8. The van der Waals surface area contributed by atoms with E-state index in [2.05, 4.69) is 38.3 Å². The summed E-state index contributed by atoms with van der Waals surface area (Å²) in [6, 6.07) is 1.12. The summed E-state index contributed by atoms with van der Waals surface area (Å²) in [7, 11) is 0. The molecule has 0 spiro atoms. The molecule has 0 aromatic rings. The van der Waals surface area contributed by atoms with Crippen LogP contribution in [0.4, 0.5) is 0 Å². The van der Waals surface area contributed by atoms with Crippen molar-refractivity contribution < 1.29 is 0 Å².